The number of nitrogens with one attached hydrogen (secondary N) is 1. The van der Waals surface area contributed by atoms with Gasteiger partial charge in [-0.15, -0.1) is 11.3 Å². The van der Waals surface area contributed by atoms with Crippen LogP contribution in [0.3, 0.4) is 0 Å². The summed E-state index contributed by atoms with van der Waals surface area (Å²) >= 11 is 5.19. The highest BCUT2D eigenvalue weighted by molar-refractivity contribution is 9.11. The Labute approximate surface area is 170 Å². The summed E-state index contributed by atoms with van der Waals surface area (Å²) in [4.78, 5) is 12.9. The number of rotatable bonds is 6. The lowest BCUT2D eigenvalue weighted by Gasteiger charge is -2.13. The van der Waals surface area contributed by atoms with Gasteiger partial charge in [-0.3, -0.25) is 4.79 Å². The van der Waals surface area contributed by atoms with E-state index in [-0.39, 0.29) is 12.0 Å². The van der Waals surface area contributed by atoms with Gasteiger partial charge >= 0.3 is 0 Å². The monoisotopic (exact) mass is 448 g/mol. The number of benzene rings is 1. The van der Waals surface area contributed by atoms with Gasteiger partial charge in [-0.2, -0.15) is 0 Å². The van der Waals surface area contributed by atoms with Crippen LogP contribution in [0.15, 0.2) is 40.2 Å². The van der Waals surface area contributed by atoms with Gasteiger partial charge in [-0.25, -0.2) is 0 Å². The minimum Gasteiger partial charge on any atom is -0.497 e. The van der Waals surface area contributed by atoms with Crippen molar-refractivity contribution in [1.82, 2.24) is 9.88 Å². The molecule has 27 heavy (non-hydrogen) atoms. The van der Waals surface area contributed by atoms with Crippen molar-refractivity contribution < 1.29 is 14.3 Å². The molecule has 1 atom stereocenters. The average molecular weight is 449 g/mol. The van der Waals surface area contributed by atoms with Crippen LogP contribution in [-0.4, -0.2) is 36.8 Å². The van der Waals surface area contributed by atoms with Crippen LogP contribution in [0.5, 0.6) is 5.75 Å². The molecule has 142 valence electrons. The molecule has 1 fully saturated rings. The van der Waals surface area contributed by atoms with Gasteiger partial charge in [0.15, 0.2) is 0 Å². The third kappa shape index (κ3) is 4.05. The number of amides is 1. The normalized spacial score (nSPS) is 16.7. The summed E-state index contributed by atoms with van der Waals surface area (Å²) in [6.07, 6.45) is 2.21. The van der Waals surface area contributed by atoms with Crippen molar-refractivity contribution >= 4 is 43.4 Å². The molecule has 4 rings (SSSR count). The third-order valence-electron chi connectivity index (χ3n) is 4.81. The average Bonchev–Trinajstić information content (AvgIpc) is 3.38. The Kier molecular flexibility index (Phi) is 5.52. The van der Waals surface area contributed by atoms with Crippen LogP contribution in [0.1, 0.15) is 28.9 Å². The number of hydrogen-bond acceptors (Lipinski definition) is 4. The standard InChI is InChI=1S/C20H21BrN2O3S/c1-25-14-6-4-13(5-7-14)12-23-16-10-19(21)27-18(16)9-17(23)20(24)22-11-15-3-2-8-26-15/h4-7,9-10,15H,2-3,8,11-12H2,1H3,(H,22,24)/t15-/m1/s1. The number of ether oxygens (including phenoxy) is 2. The number of carbonyl (C=O) groups excluding carboxylic acids is 1. The van der Waals surface area contributed by atoms with E-state index >= 15 is 0 Å². The Balaban J connectivity index is 1.60. The lowest BCUT2D eigenvalue weighted by atomic mass is 10.2. The zero-order valence-electron chi connectivity index (χ0n) is 15.0. The maximum atomic E-state index is 12.9. The molecule has 1 N–H and O–H groups in total. The van der Waals surface area contributed by atoms with Crippen molar-refractivity contribution in [2.24, 2.45) is 0 Å². The van der Waals surface area contributed by atoms with Crippen LogP contribution < -0.4 is 10.1 Å². The van der Waals surface area contributed by atoms with Gasteiger partial charge in [0, 0.05) is 19.7 Å². The molecule has 3 aromatic rings. The predicted octanol–water partition coefficient (Wildman–Crippen LogP) is 4.43. The molecule has 1 aliphatic rings. The van der Waals surface area contributed by atoms with E-state index in [9.17, 15) is 4.79 Å². The van der Waals surface area contributed by atoms with Crippen molar-refractivity contribution in [3.63, 3.8) is 0 Å². The second kappa shape index (κ2) is 8.04. The van der Waals surface area contributed by atoms with Gasteiger partial charge in [-0.1, -0.05) is 12.1 Å². The predicted molar refractivity (Wildman–Crippen MR) is 111 cm³/mol. The summed E-state index contributed by atoms with van der Waals surface area (Å²) in [6, 6.07) is 12.0. The number of nitrogens with zero attached hydrogens (tertiary/aromatic N) is 1. The molecule has 3 heterocycles. The maximum absolute atomic E-state index is 12.9. The summed E-state index contributed by atoms with van der Waals surface area (Å²) in [5.41, 5.74) is 2.85. The number of halogens is 1. The van der Waals surface area contributed by atoms with Gasteiger partial charge in [0.1, 0.15) is 11.4 Å². The van der Waals surface area contributed by atoms with Crippen LogP contribution >= 0.6 is 27.3 Å². The summed E-state index contributed by atoms with van der Waals surface area (Å²) in [7, 11) is 1.66. The van der Waals surface area contributed by atoms with E-state index in [1.807, 2.05) is 30.3 Å². The molecule has 0 unspecified atom stereocenters. The second-order valence-electron chi connectivity index (χ2n) is 6.61. The first-order valence-electron chi connectivity index (χ1n) is 8.95. The first-order valence-corrected chi connectivity index (χ1v) is 10.6. The summed E-state index contributed by atoms with van der Waals surface area (Å²) in [6.45, 7) is 1.97. The van der Waals surface area contributed by atoms with E-state index in [0.717, 1.165) is 44.8 Å². The molecule has 1 amide bonds. The zero-order valence-corrected chi connectivity index (χ0v) is 17.4. The smallest absolute Gasteiger partial charge is 0.268 e. The minimum absolute atomic E-state index is 0.0569. The van der Waals surface area contributed by atoms with Crippen molar-refractivity contribution in [3.05, 3.63) is 51.4 Å². The zero-order chi connectivity index (χ0) is 18.8. The van der Waals surface area contributed by atoms with Gasteiger partial charge in [0.05, 0.1) is 27.2 Å². The number of aromatic nitrogens is 1. The molecule has 0 spiro atoms. The number of thiophene rings is 1. The topological polar surface area (TPSA) is 52.5 Å². The quantitative estimate of drug-likeness (QED) is 0.606. The Bertz CT molecular complexity index is 942. The summed E-state index contributed by atoms with van der Waals surface area (Å²) in [5.74, 6) is 0.766. The van der Waals surface area contributed by atoms with Crippen molar-refractivity contribution in [3.8, 4) is 5.75 Å². The molecule has 5 nitrogen and oxygen atoms in total. The highest BCUT2D eigenvalue weighted by atomic mass is 79.9. The van der Waals surface area contributed by atoms with E-state index in [1.165, 1.54) is 0 Å². The van der Waals surface area contributed by atoms with Crippen LogP contribution in [0, 0.1) is 0 Å². The molecule has 0 aliphatic carbocycles. The molecule has 7 heteroatoms. The Morgan fingerprint density at radius 3 is 2.89 bits per heavy atom. The molecule has 2 aromatic heterocycles. The van der Waals surface area contributed by atoms with E-state index in [0.29, 0.717) is 18.8 Å². The number of methoxy groups -OCH3 is 1. The van der Waals surface area contributed by atoms with Crippen LogP contribution in [0.25, 0.3) is 10.2 Å². The fourth-order valence-electron chi connectivity index (χ4n) is 3.39. The third-order valence-corrected chi connectivity index (χ3v) is 6.38. The SMILES string of the molecule is COc1ccc(Cn2c(C(=O)NC[C@H]3CCCO3)cc3sc(Br)cc32)cc1. The molecule has 1 saturated heterocycles. The lowest BCUT2D eigenvalue weighted by Crippen LogP contribution is -2.33. The molecule has 1 aliphatic heterocycles. The molecular formula is C20H21BrN2O3S. The largest absolute Gasteiger partial charge is 0.497 e. The number of carbonyl (C=O) groups is 1. The first kappa shape index (κ1) is 18.5. The molecule has 0 radical (unpaired) electrons. The van der Waals surface area contributed by atoms with Gasteiger partial charge in [0.2, 0.25) is 0 Å². The Morgan fingerprint density at radius 1 is 1.37 bits per heavy atom. The number of hydrogen-bond donors (Lipinski definition) is 1. The second-order valence-corrected chi connectivity index (χ2v) is 9.07. The van der Waals surface area contributed by atoms with Crippen molar-refractivity contribution in [2.45, 2.75) is 25.5 Å². The van der Waals surface area contributed by atoms with Crippen LogP contribution in [0.4, 0.5) is 0 Å². The molecule has 0 bridgehead atoms. The Morgan fingerprint density at radius 2 is 2.19 bits per heavy atom. The lowest BCUT2D eigenvalue weighted by molar-refractivity contribution is 0.0851. The van der Waals surface area contributed by atoms with E-state index in [4.69, 9.17) is 9.47 Å². The van der Waals surface area contributed by atoms with Crippen molar-refractivity contribution in [1.29, 1.82) is 0 Å². The fourth-order valence-corrected chi connectivity index (χ4v) is 4.95. The minimum atomic E-state index is -0.0569. The Hall–Kier alpha value is -1.83. The van der Waals surface area contributed by atoms with Crippen LogP contribution in [0.2, 0.25) is 0 Å². The molecule has 1 aromatic carbocycles. The maximum Gasteiger partial charge on any atom is 0.268 e. The van der Waals surface area contributed by atoms with Gasteiger partial charge in [-0.05, 0) is 58.6 Å². The summed E-state index contributed by atoms with van der Waals surface area (Å²) in [5, 5.41) is 3.04. The number of fused-ring (bicyclic) bond motifs is 1. The highest BCUT2D eigenvalue weighted by Gasteiger charge is 2.20. The van der Waals surface area contributed by atoms with Crippen LogP contribution in [-0.2, 0) is 11.3 Å². The van der Waals surface area contributed by atoms with E-state index < -0.39 is 0 Å². The molecule has 0 saturated carbocycles. The summed E-state index contributed by atoms with van der Waals surface area (Å²) < 4.78 is 15.1. The van der Waals surface area contributed by atoms with E-state index in [2.05, 4.69) is 31.9 Å². The fraction of sp³-hybridized carbons (Fsp3) is 0.350. The highest BCUT2D eigenvalue weighted by Crippen LogP contribution is 2.33. The first-order chi connectivity index (χ1) is 13.1. The van der Waals surface area contributed by atoms with Crippen molar-refractivity contribution in [2.75, 3.05) is 20.3 Å². The van der Waals surface area contributed by atoms with E-state index in [1.54, 1.807) is 18.4 Å². The molecular weight excluding hydrogens is 428 g/mol. The van der Waals surface area contributed by atoms with Gasteiger partial charge < -0.3 is 19.4 Å². The van der Waals surface area contributed by atoms with Gasteiger partial charge in [0.25, 0.3) is 5.91 Å².